The van der Waals surface area contributed by atoms with Gasteiger partial charge in [0, 0.05) is 38.3 Å². The molecule has 4 nitrogen and oxygen atoms in total. The van der Waals surface area contributed by atoms with Crippen LogP contribution in [0.15, 0.2) is 18.3 Å². The molecule has 1 saturated carbocycles. The Morgan fingerprint density at radius 2 is 2.00 bits per heavy atom. The van der Waals surface area contributed by atoms with Crippen LogP contribution in [0.3, 0.4) is 0 Å². The topological polar surface area (TPSA) is 31.4 Å². The summed E-state index contributed by atoms with van der Waals surface area (Å²) in [4.78, 5) is 9.73. The lowest BCUT2D eigenvalue weighted by molar-refractivity contribution is 0.248. The van der Waals surface area contributed by atoms with Gasteiger partial charge in [0.2, 0.25) is 0 Å². The van der Waals surface area contributed by atoms with Gasteiger partial charge in [0.05, 0.1) is 17.6 Å². The van der Waals surface area contributed by atoms with Gasteiger partial charge in [-0.1, -0.05) is 6.92 Å². The van der Waals surface area contributed by atoms with Crippen LogP contribution in [0.4, 0.5) is 5.69 Å². The molecule has 2 aliphatic rings. The second-order valence-electron chi connectivity index (χ2n) is 5.97. The SMILES string of the molecule is CCNC(C)c1ccc(N2CCN(C3CC3)CC2)cn1. The second kappa shape index (κ2) is 6.10. The van der Waals surface area contributed by atoms with Crippen molar-refractivity contribution in [1.82, 2.24) is 15.2 Å². The molecule has 0 aromatic carbocycles. The van der Waals surface area contributed by atoms with Gasteiger partial charge in [-0.05, 0) is 38.4 Å². The minimum atomic E-state index is 0.334. The largest absolute Gasteiger partial charge is 0.368 e. The van der Waals surface area contributed by atoms with Crippen LogP contribution in [0.25, 0.3) is 0 Å². The number of pyridine rings is 1. The maximum absolute atomic E-state index is 4.62. The fourth-order valence-electron chi connectivity index (χ4n) is 3.04. The maximum atomic E-state index is 4.62. The van der Waals surface area contributed by atoms with Crippen LogP contribution >= 0.6 is 0 Å². The highest BCUT2D eigenvalue weighted by atomic mass is 15.3. The van der Waals surface area contributed by atoms with Crippen LogP contribution in [-0.2, 0) is 0 Å². The molecular weight excluding hydrogens is 248 g/mol. The Labute approximate surface area is 122 Å². The molecule has 1 aromatic rings. The molecule has 0 spiro atoms. The Morgan fingerprint density at radius 1 is 1.25 bits per heavy atom. The quantitative estimate of drug-likeness (QED) is 0.890. The first-order valence-corrected chi connectivity index (χ1v) is 7.96. The van der Waals surface area contributed by atoms with E-state index in [2.05, 4.69) is 46.1 Å². The summed E-state index contributed by atoms with van der Waals surface area (Å²) in [6, 6.07) is 5.62. The summed E-state index contributed by atoms with van der Waals surface area (Å²) in [5.74, 6) is 0. The molecule has 20 heavy (non-hydrogen) atoms. The van der Waals surface area contributed by atoms with Crippen molar-refractivity contribution in [2.24, 2.45) is 0 Å². The third-order valence-corrected chi connectivity index (χ3v) is 4.47. The molecular formula is C16H26N4. The summed E-state index contributed by atoms with van der Waals surface area (Å²) in [6.07, 6.45) is 4.87. The van der Waals surface area contributed by atoms with Gasteiger partial charge in [0.1, 0.15) is 0 Å². The lowest BCUT2D eigenvalue weighted by atomic mass is 10.2. The number of anilines is 1. The molecule has 2 fully saturated rings. The summed E-state index contributed by atoms with van der Waals surface area (Å²) in [6.45, 7) is 9.97. The first-order chi connectivity index (χ1) is 9.78. The molecule has 1 aliphatic carbocycles. The van der Waals surface area contributed by atoms with E-state index >= 15 is 0 Å². The molecule has 1 N–H and O–H groups in total. The molecule has 2 heterocycles. The Balaban J connectivity index is 1.57. The Bertz CT molecular complexity index is 419. The average molecular weight is 274 g/mol. The van der Waals surface area contributed by atoms with E-state index in [4.69, 9.17) is 0 Å². The standard InChI is InChI=1S/C16H26N4/c1-3-17-13(2)16-7-6-15(12-18-16)20-10-8-19(9-11-20)14-4-5-14/h6-7,12-14,17H,3-5,8-11H2,1-2H3. The van der Waals surface area contributed by atoms with Gasteiger partial charge >= 0.3 is 0 Å². The number of aromatic nitrogens is 1. The van der Waals surface area contributed by atoms with E-state index < -0.39 is 0 Å². The van der Waals surface area contributed by atoms with Crippen LogP contribution < -0.4 is 10.2 Å². The van der Waals surface area contributed by atoms with E-state index in [0.717, 1.165) is 31.4 Å². The minimum Gasteiger partial charge on any atom is -0.368 e. The molecule has 1 saturated heterocycles. The minimum absolute atomic E-state index is 0.334. The monoisotopic (exact) mass is 274 g/mol. The molecule has 0 amide bonds. The first kappa shape index (κ1) is 13.8. The zero-order chi connectivity index (χ0) is 13.9. The predicted octanol–water partition coefficient (Wildman–Crippen LogP) is 2.04. The number of nitrogens with zero attached hydrogens (tertiary/aromatic N) is 3. The molecule has 0 radical (unpaired) electrons. The first-order valence-electron chi connectivity index (χ1n) is 7.96. The van der Waals surface area contributed by atoms with Crippen molar-refractivity contribution in [2.75, 3.05) is 37.6 Å². The Morgan fingerprint density at radius 3 is 2.55 bits per heavy atom. The molecule has 1 aromatic heterocycles. The summed E-state index contributed by atoms with van der Waals surface area (Å²) in [7, 11) is 0. The number of piperazine rings is 1. The Kier molecular flexibility index (Phi) is 4.22. The van der Waals surface area contributed by atoms with Crippen LogP contribution in [-0.4, -0.2) is 48.6 Å². The molecule has 4 heteroatoms. The van der Waals surface area contributed by atoms with Crippen LogP contribution in [0.2, 0.25) is 0 Å². The zero-order valence-electron chi connectivity index (χ0n) is 12.7. The smallest absolute Gasteiger partial charge is 0.0572 e. The Hall–Kier alpha value is -1.13. The van der Waals surface area contributed by atoms with Gasteiger partial charge in [0.25, 0.3) is 0 Å². The van der Waals surface area contributed by atoms with Gasteiger partial charge in [-0.3, -0.25) is 9.88 Å². The van der Waals surface area contributed by atoms with Crippen LogP contribution in [0.1, 0.15) is 38.4 Å². The zero-order valence-corrected chi connectivity index (χ0v) is 12.7. The maximum Gasteiger partial charge on any atom is 0.0572 e. The molecule has 1 unspecified atom stereocenters. The molecule has 3 rings (SSSR count). The summed E-state index contributed by atoms with van der Waals surface area (Å²) in [5.41, 5.74) is 2.40. The fourth-order valence-corrected chi connectivity index (χ4v) is 3.04. The summed E-state index contributed by atoms with van der Waals surface area (Å²) < 4.78 is 0. The van der Waals surface area contributed by atoms with E-state index in [1.54, 1.807) is 0 Å². The van der Waals surface area contributed by atoms with E-state index in [1.165, 1.54) is 31.6 Å². The van der Waals surface area contributed by atoms with E-state index in [-0.39, 0.29) is 0 Å². The average Bonchev–Trinajstić information content (AvgIpc) is 3.33. The number of rotatable bonds is 5. The van der Waals surface area contributed by atoms with Gasteiger partial charge in [-0.2, -0.15) is 0 Å². The third-order valence-electron chi connectivity index (χ3n) is 4.47. The van der Waals surface area contributed by atoms with E-state index in [1.807, 2.05) is 6.20 Å². The van der Waals surface area contributed by atoms with Gasteiger partial charge < -0.3 is 10.2 Å². The van der Waals surface area contributed by atoms with Crippen molar-refractivity contribution >= 4 is 5.69 Å². The van der Waals surface area contributed by atoms with E-state index in [0.29, 0.717) is 6.04 Å². The van der Waals surface area contributed by atoms with Crippen molar-refractivity contribution < 1.29 is 0 Å². The summed E-state index contributed by atoms with van der Waals surface area (Å²) in [5, 5.41) is 3.40. The normalized spacial score (nSPS) is 22.0. The number of hydrogen-bond donors (Lipinski definition) is 1. The van der Waals surface area contributed by atoms with Crippen molar-refractivity contribution in [3.05, 3.63) is 24.0 Å². The molecule has 0 bridgehead atoms. The highest BCUT2D eigenvalue weighted by Crippen LogP contribution is 2.28. The van der Waals surface area contributed by atoms with Gasteiger partial charge in [0.15, 0.2) is 0 Å². The lowest BCUT2D eigenvalue weighted by Gasteiger charge is -2.36. The lowest BCUT2D eigenvalue weighted by Crippen LogP contribution is -2.47. The van der Waals surface area contributed by atoms with Crippen molar-refractivity contribution in [3.8, 4) is 0 Å². The highest BCUT2D eigenvalue weighted by Gasteiger charge is 2.31. The molecule has 1 atom stereocenters. The second-order valence-corrected chi connectivity index (χ2v) is 5.97. The molecule has 1 aliphatic heterocycles. The highest BCUT2D eigenvalue weighted by molar-refractivity contribution is 5.45. The van der Waals surface area contributed by atoms with Gasteiger partial charge in [-0.15, -0.1) is 0 Å². The molecule has 110 valence electrons. The predicted molar refractivity (Wildman–Crippen MR) is 83.1 cm³/mol. The number of hydrogen-bond acceptors (Lipinski definition) is 4. The van der Waals surface area contributed by atoms with Crippen molar-refractivity contribution in [3.63, 3.8) is 0 Å². The van der Waals surface area contributed by atoms with Crippen LogP contribution in [0.5, 0.6) is 0 Å². The van der Waals surface area contributed by atoms with Crippen LogP contribution in [0, 0.1) is 0 Å². The summed E-state index contributed by atoms with van der Waals surface area (Å²) >= 11 is 0. The fraction of sp³-hybridized carbons (Fsp3) is 0.688. The van der Waals surface area contributed by atoms with Crippen molar-refractivity contribution in [2.45, 2.75) is 38.8 Å². The number of nitrogens with one attached hydrogen (secondary N) is 1. The third kappa shape index (κ3) is 3.13. The van der Waals surface area contributed by atoms with Gasteiger partial charge in [-0.25, -0.2) is 0 Å². The van der Waals surface area contributed by atoms with E-state index in [9.17, 15) is 0 Å². The van der Waals surface area contributed by atoms with Crippen molar-refractivity contribution in [1.29, 1.82) is 0 Å².